The van der Waals surface area contributed by atoms with Gasteiger partial charge < -0.3 is 14.8 Å². The van der Waals surface area contributed by atoms with Crippen LogP contribution in [0.2, 0.25) is 5.02 Å². The molecule has 7 nitrogen and oxygen atoms in total. The third kappa shape index (κ3) is 4.82. The molecule has 100 valence electrons. The van der Waals surface area contributed by atoms with Crippen LogP contribution in [0, 0.1) is 10.1 Å². The highest BCUT2D eigenvalue weighted by atomic mass is 35.5. The Bertz CT molecular complexity index is 403. The van der Waals surface area contributed by atoms with E-state index in [0.29, 0.717) is 26.4 Å². The summed E-state index contributed by atoms with van der Waals surface area (Å²) in [6.45, 7) is 1.82. The largest absolute Gasteiger partial charge is 0.382 e. The van der Waals surface area contributed by atoms with Gasteiger partial charge in [-0.25, -0.2) is 4.98 Å². The predicted octanol–water partition coefficient (Wildman–Crippen LogP) is 1.72. The average molecular weight is 276 g/mol. The number of hydrogen-bond donors (Lipinski definition) is 1. The fraction of sp³-hybridized carbons (Fsp3) is 0.500. The molecule has 8 heteroatoms. The van der Waals surface area contributed by atoms with Crippen molar-refractivity contribution in [3.8, 4) is 0 Å². The Morgan fingerprint density at radius 1 is 1.50 bits per heavy atom. The van der Waals surface area contributed by atoms with Crippen molar-refractivity contribution in [2.45, 2.75) is 0 Å². The van der Waals surface area contributed by atoms with Crippen LogP contribution in [0.1, 0.15) is 0 Å². The molecule has 0 saturated heterocycles. The van der Waals surface area contributed by atoms with Crippen LogP contribution in [0.4, 0.5) is 11.5 Å². The summed E-state index contributed by atoms with van der Waals surface area (Å²) in [5.41, 5.74) is -0.153. The lowest BCUT2D eigenvalue weighted by atomic mass is 10.4. The van der Waals surface area contributed by atoms with E-state index in [1.54, 1.807) is 7.11 Å². The van der Waals surface area contributed by atoms with E-state index in [1.165, 1.54) is 12.3 Å². The van der Waals surface area contributed by atoms with E-state index in [2.05, 4.69) is 10.3 Å². The molecule has 0 aliphatic rings. The highest BCUT2D eigenvalue weighted by Crippen LogP contribution is 2.24. The van der Waals surface area contributed by atoms with Gasteiger partial charge in [-0.3, -0.25) is 10.1 Å². The van der Waals surface area contributed by atoms with E-state index in [4.69, 9.17) is 21.1 Å². The molecule has 0 unspecified atom stereocenters. The van der Waals surface area contributed by atoms with Crippen LogP contribution in [0.15, 0.2) is 12.3 Å². The van der Waals surface area contributed by atoms with Gasteiger partial charge in [0.15, 0.2) is 0 Å². The second-order valence-electron chi connectivity index (χ2n) is 3.31. The van der Waals surface area contributed by atoms with Crippen molar-refractivity contribution in [2.24, 2.45) is 0 Å². The van der Waals surface area contributed by atoms with Crippen LogP contribution in [-0.2, 0) is 9.47 Å². The molecule has 1 rings (SSSR count). The molecule has 1 heterocycles. The molecule has 18 heavy (non-hydrogen) atoms. The summed E-state index contributed by atoms with van der Waals surface area (Å²) in [5.74, 6) is 0.180. The van der Waals surface area contributed by atoms with Gasteiger partial charge in [0.25, 0.3) is 0 Å². The molecule has 0 aliphatic heterocycles. The van der Waals surface area contributed by atoms with Crippen LogP contribution in [0.25, 0.3) is 0 Å². The molecule has 0 saturated carbocycles. The Morgan fingerprint density at radius 3 is 2.94 bits per heavy atom. The van der Waals surface area contributed by atoms with E-state index >= 15 is 0 Å². The van der Waals surface area contributed by atoms with E-state index in [0.717, 1.165) is 0 Å². The van der Waals surface area contributed by atoms with E-state index in [-0.39, 0.29) is 16.5 Å². The Labute approximate surface area is 109 Å². The van der Waals surface area contributed by atoms with Gasteiger partial charge in [-0.05, 0) is 0 Å². The molecular weight excluding hydrogens is 262 g/mol. The van der Waals surface area contributed by atoms with Gasteiger partial charge in [0.2, 0.25) is 5.82 Å². The molecule has 0 fully saturated rings. The van der Waals surface area contributed by atoms with Crippen LogP contribution in [0.3, 0.4) is 0 Å². The second-order valence-corrected chi connectivity index (χ2v) is 3.75. The lowest BCUT2D eigenvalue weighted by molar-refractivity contribution is -0.384. The van der Waals surface area contributed by atoms with Crippen LogP contribution in [0.5, 0.6) is 0 Å². The lowest BCUT2D eigenvalue weighted by Gasteiger charge is -2.07. The number of nitrogens with zero attached hydrogens (tertiary/aromatic N) is 2. The van der Waals surface area contributed by atoms with E-state index in [1.807, 2.05) is 0 Å². The number of ether oxygens (including phenoxy) is 2. The number of nitro groups is 1. The van der Waals surface area contributed by atoms with Gasteiger partial charge in [0.05, 0.1) is 29.8 Å². The van der Waals surface area contributed by atoms with Gasteiger partial charge >= 0.3 is 5.69 Å². The summed E-state index contributed by atoms with van der Waals surface area (Å²) in [6.07, 6.45) is 1.35. The maximum absolute atomic E-state index is 10.8. The molecule has 0 bridgehead atoms. The maximum Gasteiger partial charge on any atom is 0.312 e. The molecule has 0 aliphatic carbocycles. The number of nitrogens with one attached hydrogen (secondary N) is 1. The first-order chi connectivity index (χ1) is 8.65. The number of aromatic nitrogens is 1. The van der Waals surface area contributed by atoms with Crippen molar-refractivity contribution < 1.29 is 14.4 Å². The van der Waals surface area contributed by atoms with Crippen molar-refractivity contribution in [1.29, 1.82) is 0 Å². The predicted molar refractivity (Wildman–Crippen MR) is 67.1 cm³/mol. The van der Waals surface area contributed by atoms with Crippen molar-refractivity contribution in [2.75, 3.05) is 38.8 Å². The minimum absolute atomic E-state index is 0.153. The molecule has 0 atom stereocenters. The van der Waals surface area contributed by atoms with Crippen molar-refractivity contribution in [1.82, 2.24) is 4.98 Å². The molecule has 0 spiro atoms. The number of methoxy groups -OCH3 is 1. The van der Waals surface area contributed by atoms with Gasteiger partial charge in [0, 0.05) is 25.9 Å². The molecular formula is C10H14ClN3O4. The van der Waals surface area contributed by atoms with Gasteiger partial charge in [0.1, 0.15) is 0 Å². The monoisotopic (exact) mass is 275 g/mol. The smallest absolute Gasteiger partial charge is 0.312 e. The standard InChI is InChI=1S/C10H14ClN3O4/c1-17-4-5-18-3-2-12-10-9(14(15)16)6-8(11)7-13-10/h6-7H,2-5H2,1H3,(H,12,13). The van der Waals surface area contributed by atoms with Gasteiger partial charge in [-0.15, -0.1) is 0 Å². The van der Waals surface area contributed by atoms with Gasteiger partial charge in [-0.1, -0.05) is 11.6 Å². The number of rotatable bonds is 8. The Hall–Kier alpha value is -1.44. The highest BCUT2D eigenvalue weighted by Gasteiger charge is 2.15. The Kier molecular flexibility index (Phi) is 6.34. The molecule has 1 aromatic rings. The lowest BCUT2D eigenvalue weighted by Crippen LogP contribution is -2.13. The number of anilines is 1. The zero-order valence-electron chi connectivity index (χ0n) is 9.89. The quantitative estimate of drug-likeness (QED) is 0.442. The number of pyridine rings is 1. The number of hydrogen-bond acceptors (Lipinski definition) is 6. The molecule has 1 aromatic heterocycles. The first kappa shape index (κ1) is 14.6. The SMILES string of the molecule is COCCOCCNc1ncc(Cl)cc1[N+](=O)[O-]. The third-order valence-corrected chi connectivity index (χ3v) is 2.21. The van der Waals surface area contributed by atoms with Crippen molar-refractivity contribution in [3.63, 3.8) is 0 Å². The van der Waals surface area contributed by atoms with E-state index in [9.17, 15) is 10.1 Å². The fourth-order valence-electron chi connectivity index (χ4n) is 1.19. The summed E-state index contributed by atoms with van der Waals surface area (Å²) in [6, 6.07) is 1.25. The molecule has 0 aromatic carbocycles. The minimum atomic E-state index is -0.535. The summed E-state index contributed by atoms with van der Waals surface area (Å²) >= 11 is 5.65. The van der Waals surface area contributed by atoms with Crippen LogP contribution in [-0.4, -0.2) is 43.4 Å². The van der Waals surface area contributed by atoms with Crippen molar-refractivity contribution >= 4 is 23.1 Å². The first-order valence-electron chi connectivity index (χ1n) is 5.25. The summed E-state index contributed by atoms with van der Waals surface area (Å²) < 4.78 is 10.0. The van der Waals surface area contributed by atoms with Crippen molar-refractivity contribution in [3.05, 3.63) is 27.4 Å². The maximum atomic E-state index is 10.8. The summed E-state index contributed by atoms with van der Waals surface area (Å²) in [7, 11) is 1.59. The number of halogens is 1. The minimum Gasteiger partial charge on any atom is -0.382 e. The average Bonchev–Trinajstić information content (AvgIpc) is 2.35. The summed E-state index contributed by atoms with van der Waals surface area (Å²) in [5, 5.41) is 13.8. The highest BCUT2D eigenvalue weighted by molar-refractivity contribution is 6.30. The molecule has 1 N–H and O–H groups in total. The second kappa shape index (κ2) is 7.80. The Morgan fingerprint density at radius 2 is 2.28 bits per heavy atom. The van der Waals surface area contributed by atoms with Gasteiger partial charge in [-0.2, -0.15) is 0 Å². The van der Waals surface area contributed by atoms with Crippen LogP contribution >= 0.6 is 11.6 Å². The molecule has 0 radical (unpaired) electrons. The summed E-state index contributed by atoms with van der Waals surface area (Å²) in [4.78, 5) is 14.1. The fourth-order valence-corrected chi connectivity index (χ4v) is 1.34. The van der Waals surface area contributed by atoms with E-state index < -0.39 is 4.92 Å². The molecule has 0 amide bonds. The zero-order valence-corrected chi connectivity index (χ0v) is 10.6. The normalized spacial score (nSPS) is 10.3. The Balaban J connectivity index is 2.44. The van der Waals surface area contributed by atoms with Crippen LogP contribution < -0.4 is 5.32 Å². The third-order valence-electron chi connectivity index (χ3n) is 2.00. The first-order valence-corrected chi connectivity index (χ1v) is 5.63. The topological polar surface area (TPSA) is 86.5 Å². The zero-order chi connectivity index (χ0) is 13.4.